The number of halogens is 2. The maximum Gasteiger partial charge on any atom is 0.165 e. The first kappa shape index (κ1) is 17.2. The summed E-state index contributed by atoms with van der Waals surface area (Å²) in [7, 11) is 3.49. The minimum absolute atomic E-state index is 0. The zero-order valence-electron chi connectivity index (χ0n) is 12.2. The summed E-state index contributed by atoms with van der Waals surface area (Å²) in [5.74, 6) is 0.751. The number of hydrogen-bond donors (Lipinski definition) is 1. The number of ether oxygens (including phenoxy) is 1. The maximum atomic E-state index is 13.6. The third kappa shape index (κ3) is 4.62. The Bertz CT molecular complexity index is 415. The Balaban J connectivity index is 0.00000200. The standard InChI is InChI=1S/C15H23FN2O.ClH/c1-17-9-13-4-3-7-18(11-13)10-12-5-6-15(19-2)14(16)8-12;/h5-6,8,13,17H,3-4,7,9-11H2,1-2H3;1H. The van der Waals surface area contributed by atoms with E-state index >= 15 is 0 Å². The number of methoxy groups -OCH3 is 1. The summed E-state index contributed by atoms with van der Waals surface area (Å²) >= 11 is 0. The molecule has 1 aliphatic rings. The lowest BCUT2D eigenvalue weighted by atomic mass is 9.97. The minimum Gasteiger partial charge on any atom is -0.494 e. The van der Waals surface area contributed by atoms with Crippen LogP contribution in [0.15, 0.2) is 18.2 Å². The summed E-state index contributed by atoms with van der Waals surface area (Å²) in [5, 5.41) is 3.24. The molecule has 20 heavy (non-hydrogen) atoms. The van der Waals surface area contributed by atoms with Crippen molar-refractivity contribution in [3.63, 3.8) is 0 Å². The first-order chi connectivity index (χ1) is 9.22. The van der Waals surface area contributed by atoms with Crippen molar-refractivity contribution in [2.24, 2.45) is 5.92 Å². The molecule has 5 heteroatoms. The van der Waals surface area contributed by atoms with Crippen LogP contribution in [0.25, 0.3) is 0 Å². The molecule has 3 nitrogen and oxygen atoms in total. The fourth-order valence-corrected chi connectivity index (χ4v) is 2.82. The van der Waals surface area contributed by atoms with E-state index in [0.29, 0.717) is 11.7 Å². The highest BCUT2D eigenvalue weighted by Crippen LogP contribution is 2.21. The van der Waals surface area contributed by atoms with E-state index < -0.39 is 0 Å². The van der Waals surface area contributed by atoms with Crippen LogP contribution in [0, 0.1) is 11.7 Å². The van der Waals surface area contributed by atoms with Crippen LogP contribution >= 0.6 is 12.4 Å². The molecule has 1 aliphatic heterocycles. The molecule has 0 spiro atoms. The zero-order valence-corrected chi connectivity index (χ0v) is 13.0. The predicted octanol–water partition coefficient (Wildman–Crippen LogP) is 2.69. The minimum atomic E-state index is -0.274. The van der Waals surface area contributed by atoms with Gasteiger partial charge in [0.25, 0.3) is 0 Å². The third-order valence-corrected chi connectivity index (χ3v) is 3.72. The third-order valence-electron chi connectivity index (χ3n) is 3.72. The van der Waals surface area contributed by atoms with Gasteiger partial charge in [0.2, 0.25) is 0 Å². The predicted molar refractivity (Wildman–Crippen MR) is 82.1 cm³/mol. The van der Waals surface area contributed by atoms with Gasteiger partial charge in [0.15, 0.2) is 11.6 Å². The second-order valence-electron chi connectivity index (χ2n) is 5.27. The molecule has 1 atom stereocenters. The van der Waals surface area contributed by atoms with Gasteiger partial charge in [0, 0.05) is 13.1 Å². The van der Waals surface area contributed by atoms with Crippen LogP contribution in [-0.2, 0) is 6.54 Å². The van der Waals surface area contributed by atoms with Crippen molar-refractivity contribution in [3.8, 4) is 5.75 Å². The summed E-state index contributed by atoms with van der Waals surface area (Å²) in [4.78, 5) is 2.41. The molecule has 1 aromatic rings. The van der Waals surface area contributed by atoms with Crippen LogP contribution in [0.4, 0.5) is 4.39 Å². The molecule has 1 unspecified atom stereocenters. The Morgan fingerprint density at radius 2 is 2.25 bits per heavy atom. The molecule has 1 aromatic carbocycles. The van der Waals surface area contributed by atoms with Crippen LogP contribution in [0.2, 0.25) is 0 Å². The molecule has 114 valence electrons. The number of rotatable bonds is 5. The summed E-state index contributed by atoms with van der Waals surface area (Å²) in [5.41, 5.74) is 1.02. The van der Waals surface area contributed by atoms with Gasteiger partial charge in [-0.25, -0.2) is 4.39 Å². The van der Waals surface area contributed by atoms with Crippen LogP contribution in [0.3, 0.4) is 0 Å². The topological polar surface area (TPSA) is 24.5 Å². The van der Waals surface area contributed by atoms with Crippen LogP contribution < -0.4 is 10.1 Å². The van der Waals surface area contributed by atoms with E-state index in [4.69, 9.17) is 4.74 Å². The maximum absolute atomic E-state index is 13.6. The number of hydrogen-bond acceptors (Lipinski definition) is 3. The number of nitrogens with one attached hydrogen (secondary N) is 1. The summed E-state index contributed by atoms with van der Waals surface area (Å²) < 4.78 is 18.6. The monoisotopic (exact) mass is 302 g/mol. The fraction of sp³-hybridized carbons (Fsp3) is 0.600. The summed E-state index contributed by atoms with van der Waals surface area (Å²) in [6.45, 7) is 4.08. The first-order valence-electron chi connectivity index (χ1n) is 6.92. The van der Waals surface area contributed by atoms with Gasteiger partial charge in [-0.15, -0.1) is 12.4 Å². The van der Waals surface area contributed by atoms with Crippen molar-refractivity contribution in [2.45, 2.75) is 19.4 Å². The van der Waals surface area contributed by atoms with Crippen LogP contribution in [0.1, 0.15) is 18.4 Å². The fourth-order valence-electron chi connectivity index (χ4n) is 2.82. The van der Waals surface area contributed by atoms with E-state index in [1.54, 1.807) is 12.1 Å². The van der Waals surface area contributed by atoms with E-state index in [9.17, 15) is 4.39 Å². The number of likely N-dealkylation sites (tertiary alicyclic amines) is 1. The van der Waals surface area contributed by atoms with Gasteiger partial charge in [0.05, 0.1) is 7.11 Å². The number of piperidine rings is 1. The van der Waals surface area contributed by atoms with Crippen molar-refractivity contribution in [1.29, 1.82) is 0 Å². The zero-order chi connectivity index (χ0) is 13.7. The lowest BCUT2D eigenvalue weighted by Crippen LogP contribution is -2.38. The molecule has 0 aliphatic carbocycles. The average Bonchev–Trinajstić information content (AvgIpc) is 2.40. The molecule has 1 heterocycles. The lowest BCUT2D eigenvalue weighted by molar-refractivity contribution is 0.166. The number of nitrogens with zero attached hydrogens (tertiary/aromatic N) is 1. The SMILES string of the molecule is CNCC1CCCN(Cc2ccc(OC)c(F)c2)C1.Cl. The van der Waals surface area contributed by atoms with E-state index in [0.717, 1.165) is 31.7 Å². The van der Waals surface area contributed by atoms with E-state index in [1.807, 2.05) is 13.1 Å². The van der Waals surface area contributed by atoms with Gasteiger partial charge in [-0.05, 0) is 56.6 Å². The van der Waals surface area contributed by atoms with Crippen LogP contribution in [-0.4, -0.2) is 38.7 Å². The Kier molecular flexibility index (Phi) is 7.27. The normalized spacial score (nSPS) is 19.4. The molecular weight excluding hydrogens is 279 g/mol. The average molecular weight is 303 g/mol. The lowest BCUT2D eigenvalue weighted by Gasteiger charge is -2.32. The van der Waals surface area contributed by atoms with Gasteiger partial charge in [-0.3, -0.25) is 4.90 Å². The molecule has 0 bridgehead atoms. The van der Waals surface area contributed by atoms with Gasteiger partial charge < -0.3 is 10.1 Å². The Morgan fingerprint density at radius 3 is 2.90 bits per heavy atom. The van der Waals surface area contributed by atoms with Gasteiger partial charge in [-0.2, -0.15) is 0 Å². The highest BCUT2D eigenvalue weighted by Gasteiger charge is 2.19. The summed E-state index contributed by atoms with van der Waals surface area (Å²) in [6.07, 6.45) is 2.51. The molecule has 0 saturated carbocycles. The largest absolute Gasteiger partial charge is 0.494 e. The van der Waals surface area contributed by atoms with Crippen molar-refractivity contribution in [1.82, 2.24) is 10.2 Å². The molecule has 0 amide bonds. The smallest absolute Gasteiger partial charge is 0.165 e. The molecule has 1 fully saturated rings. The highest BCUT2D eigenvalue weighted by atomic mass is 35.5. The first-order valence-corrected chi connectivity index (χ1v) is 6.92. The molecule has 0 aromatic heterocycles. The van der Waals surface area contributed by atoms with Crippen LogP contribution in [0.5, 0.6) is 5.75 Å². The molecule has 1 saturated heterocycles. The van der Waals surface area contributed by atoms with Crippen molar-refractivity contribution in [3.05, 3.63) is 29.6 Å². The molecule has 2 rings (SSSR count). The second-order valence-corrected chi connectivity index (χ2v) is 5.27. The Hall–Kier alpha value is -0.840. The summed E-state index contributed by atoms with van der Waals surface area (Å²) in [6, 6.07) is 5.24. The molecular formula is C15H24ClFN2O. The van der Waals surface area contributed by atoms with Crippen molar-refractivity contribution < 1.29 is 9.13 Å². The second kappa shape index (κ2) is 8.45. The molecule has 0 radical (unpaired) electrons. The Labute approximate surface area is 126 Å². The molecule has 1 N–H and O–H groups in total. The van der Waals surface area contributed by atoms with Crippen molar-refractivity contribution in [2.75, 3.05) is 33.8 Å². The van der Waals surface area contributed by atoms with E-state index in [2.05, 4.69) is 10.2 Å². The van der Waals surface area contributed by atoms with Gasteiger partial charge in [0.1, 0.15) is 0 Å². The van der Waals surface area contributed by atoms with Crippen molar-refractivity contribution >= 4 is 12.4 Å². The van der Waals surface area contributed by atoms with Gasteiger partial charge in [-0.1, -0.05) is 6.07 Å². The Morgan fingerprint density at radius 1 is 1.45 bits per heavy atom. The van der Waals surface area contributed by atoms with E-state index in [1.165, 1.54) is 20.0 Å². The highest BCUT2D eigenvalue weighted by molar-refractivity contribution is 5.85. The van der Waals surface area contributed by atoms with E-state index in [-0.39, 0.29) is 18.2 Å². The number of benzene rings is 1. The quantitative estimate of drug-likeness (QED) is 0.905. The van der Waals surface area contributed by atoms with Gasteiger partial charge >= 0.3 is 0 Å².